The molecule has 0 heterocycles. The van der Waals surface area contributed by atoms with E-state index >= 15 is 0 Å². The maximum absolute atomic E-state index is 10.8. The second-order valence-corrected chi connectivity index (χ2v) is 12.6. The molecule has 1 atom stereocenters. The molecular formula is C9H15Cl3O2Si. The largest absolute Gasteiger partial charge is 0.460 e. The van der Waals surface area contributed by atoms with Gasteiger partial charge in [0.05, 0.1) is 6.10 Å². The minimum Gasteiger partial charge on any atom is -0.460 e. The number of halogens is 3. The van der Waals surface area contributed by atoms with Crippen LogP contribution in [0.1, 0.15) is 26.2 Å². The Morgan fingerprint density at radius 1 is 1.47 bits per heavy atom. The summed E-state index contributed by atoms with van der Waals surface area (Å²) in [6, 6.07) is -1.82. The number of carbonyl (C=O) groups is 1. The Morgan fingerprint density at radius 3 is 2.53 bits per heavy atom. The van der Waals surface area contributed by atoms with Crippen LogP contribution in [-0.2, 0) is 9.53 Å². The van der Waals surface area contributed by atoms with Crippen molar-refractivity contribution in [1.82, 2.24) is 0 Å². The van der Waals surface area contributed by atoms with Crippen LogP contribution in [0.5, 0.6) is 0 Å². The molecule has 88 valence electrons. The predicted octanol–water partition coefficient (Wildman–Crippen LogP) is 3.93. The summed E-state index contributed by atoms with van der Waals surface area (Å²) in [7, 11) is 0. The van der Waals surface area contributed by atoms with Crippen LogP contribution >= 0.6 is 33.2 Å². The quantitative estimate of drug-likeness (QED) is 0.233. The first-order valence-electron chi connectivity index (χ1n) is 4.75. The summed E-state index contributed by atoms with van der Waals surface area (Å²) in [6.07, 6.45) is 3.59. The van der Waals surface area contributed by atoms with Gasteiger partial charge in [0.1, 0.15) is 0 Å². The van der Waals surface area contributed by atoms with Crippen LogP contribution in [0.3, 0.4) is 0 Å². The molecule has 6 heteroatoms. The van der Waals surface area contributed by atoms with Gasteiger partial charge in [0.25, 0.3) is 0 Å². The molecule has 0 fully saturated rings. The molecule has 0 aliphatic rings. The highest BCUT2D eigenvalue weighted by Gasteiger charge is 2.23. The molecule has 0 saturated carbocycles. The summed E-state index contributed by atoms with van der Waals surface area (Å²) < 4.78 is 4.99. The van der Waals surface area contributed by atoms with E-state index in [1.165, 1.54) is 0 Å². The maximum atomic E-state index is 10.8. The zero-order chi connectivity index (χ0) is 11.9. The molecule has 0 rings (SSSR count). The SMILES string of the molecule is C=CC(=O)OC(C)CCCC[Si](Cl)(Cl)Cl. The smallest absolute Gasteiger partial charge is 0.341 e. The fourth-order valence-electron chi connectivity index (χ4n) is 1.06. The summed E-state index contributed by atoms with van der Waals surface area (Å²) in [4.78, 5) is 10.8. The summed E-state index contributed by atoms with van der Waals surface area (Å²) in [6.45, 7) is 5.16. The first-order chi connectivity index (χ1) is 6.85. The molecule has 15 heavy (non-hydrogen) atoms. The molecule has 1 unspecified atom stereocenters. The lowest BCUT2D eigenvalue weighted by Crippen LogP contribution is -2.13. The molecule has 0 bridgehead atoms. The average Bonchev–Trinajstić information content (AvgIpc) is 2.11. The van der Waals surface area contributed by atoms with Crippen molar-refractivity contribution in [2.45, 2.75) is 38.3 Å². The molecule has 2 nitrogen and oxygen atoms in total. The third-order valence-corrected chi connectivity index (χ3v) is 4.43. The van der Waals surface area contributed by atoms with Crippen LogP contribution < -0.4 is 0 Å². The number of hydrogen-bond acceptors (Lipinski definition) is 2. The van der Waals surface area contributed by atoms with Gasteiger partial charge in [-0.05, 0) is 25.8 Å². The molecule has 0 N–H and O–H groups in total. The van der Waals surface area contributed by atoms with E-state index in [4.69, 9.17) is 38.0 Å². The molecule has 0 aliphatic heterocycles. The van der Waals surface area contributed by atoms with Crippen molar-refractivity contribution in [3.63, 3.8) is 0 Å². The van der Waals surface area contributed by atoms with Crippen molar-refractivity contribution in [2.75, 3.05) is 0 Å². The van der Waals surface area contributed by atoms with Gasteiger partial charge >= 0.3 is 12.0 Å². The van der Waals surface area contributed by atoms with Crippen molar-refractivity contribution in [3.05, 3.63) is 12.7 Å². The van der Waals surface area contributed by atoms with Gasteiger partial charge in [0.2, 0.25) is 0 Å². The van der Waals surface area contributed by atoms with Crippen molar-refractivity contribution >= 4 is 45.2 Å². The van der Waals surface area contributed by atoms with E-state index in [0.717, 1.165) is 25.3 Å². The first kappa shape index (κ1) is 15.3. The minimum absolute atomic E-state index is 0.104. The number of carbonyl (C=O) groups excluding carboxylic acids is 1. The number of esters is 1. The van der Waals surface area contributed by atoms with E-state index in [1.807, 2.05) is 6.92 Å². The fraction of sp³-hybridized carbons (Fsp3) is 0.667. The van der Waals surface area contributed by atoms with E-state index < -0.39 is 12.0 Å². The van der Waals surface area contributed by atoms with Gasteiger partial charge in [-0.3, -0.25) is 0 Å². The highest BCUT2D eigenvalue weighted by Crippen LogP contribution is 2.27. The Hall–Kier alpha value is 0.297. The van der Waals surface area contributed by atoms with Gasteiger partial charge in [-0.25, -0.2) is 4.79 Å². The summed E-state index contributed by atoms with van der Waals surface area (Å²) >= 11 is 17.2. The molecule has 0 saturated heterocycles. The Kier molecular flexibility index (Phi) is 7.70. The number of unbranched alkanes of at least 4 members (excludes halogenated alkanes) is 1. The molecule has 0 aromatic rings. The lowest BCUT2D eigenvalue weighted by Gasteiger charge is -2.12. The second-order valence-electron chi connectivity index (χ2n) is 3.31. The van der Waals surface area contributed by atoms with Gasteiger partial charge in [0.15, 0.2) is 0 Å². The minimum atomic E-state index is -2.48. The van der Waals surface area contributed by atoms with Crippen molar-refractivity contribution in [2.24, 2.45) is 0 Å². The molecule has 0 radical (unpaired) electrons. The number of ether oxygens (including phenoxy) is 1. The van der Waals surface area contributed by atoms with Crippen LogP contribution in [-0.4, -0.2) is 18.1 Å². The van der Waals surface area contributed by atoms with Crippen LogP contribution in [0.4, 0.5) is 0 Å². The van der Waals surface area contributed by atoms with E-state index in [9.17, 15) is 4.79 Å². The Bertz CT molecular complexity index is 216. The Labute approximate surface area is 106 Å². The predicted molar refractivity (Wildman–Crippen MR) is 67.7 cm³/mol. The maximum Gasteiger partial charge on any atom is 0.341 e. The van der Waals surface area contributed by atoms with Gasteiger partial charge in [0, 0.05) is 6.08 Å². The van der Waals surface area contributed by atoms with Gasteiger partial charge in [-0.1, -0.05) is 13.0 Å². The topological polar surface area (TPSA) is 26.3 Å². The molecule has 0 aromatic heterocycles. The molecule has 0 spiro atoms. The highest BCUT2D eigenvalue weighted by molar-refractivity contribution is 7.64. The molecule has 0 amide bonds. The molecular weight excluding hydrogens is 275 g/mol. The number of hydrogen-bond donors (Lipinski definition) is 0. The lowest BCUT2D eigenvalue weighted by atomic mass is 10.2. The van der Waals surface area contributed by atoms with E-state index in [2.05, 4.69) is 6.58 Å². The summed E-state index contributed by atoms with van der Waals surface area (Å²) in [5.41, 5.74) is 0. The van der Waals surface area contributed by atoms with Crippen molar-refractivity contribution in [1.29, 1.82) is 0 Å². The summed E-state index contributed by atoms with van der Waals surface area (Å²) in [5.74, 6) is -0.391. The van der Waals surface area contributed by atoms with Crippen LogP contribution in [0, 0.1) is 0 Å². The van der Waals surface area contributed by atoms with E-state index in [-0.39, 0.29) is 6.10 Å². The lowest BCUT2D eigenvalue weighted by molar-refractivity contribution is -0.142. The second kappa shape index (κ2) is 7.55. The fourth-order valence-corrected chi connectivity index (χ4v) is 2.92. The van der Waals surface area contributed by atoms with Crippen LogP contribution in [0.2, 0.25) is 6.04 Å². The Balaban J connectivity index is 3.51. The van der Waals surface area contributed by atoms with E-state index in [1.54, 1.807) is 0 Å². The zero-order valence-electron chi connectivity index (χ0n) is 8.64. The third-order valence-electron chi connectivity index (χ3n) is 1.80. The zero-order valence-corrected chi connectivity index (χ0v) is 11.9. The Morgan fingerprint density at radius 2 is 2.07 bits per heavy atom. The number of rotatable bonds is 7. The average molecular weight is 290 g/mol. The standard InChI is InChI=1S/C9H15Cl3O2Si/c1-3-9(13)14-8(2)6-4-5-7-15(10,11)12/h3,8H,1,4-7H2,2H3. The third kappa shape index (κ3) is 10.6. The van der Waals surface area contributed by atoms with Crippen molar-refractivity contribution in [3.8, 4) is 0 Å². The summed E-state index contributed by atoms with van der Waals surface area (Å²) in [5, 5.41) is 0. The van der Waals surface area contributed by atoms with E-state index in [0.29, 0.717) is 6.04 Å². The monoisotopic (exact) mass is 288 g/mol. The molecule has 0 aliphatic carbocycles. The van der Waals surface area contributed by atoms with Crippen LogP contribution in [0.15, 0.2) is 12.7 Å². The normalized spacial score (nSPS) is 13.3. The molecule has 0 aromatic carbocycles. The van der Waals surface area contributed by atoms with Crippen LogP contribution in [0.25, 0.3) is 0 Å². The van der Waals surface area contributed by atoms with Gasteiger partial charge < -0.3 is 4.74 Å². The highest BCUT2D eigenvalue weighted by atomic mass is 35.8. The van der Waals surface area contributed by atoms with Gasteiger partial charge in [-0.2, -0.15) is 0 Å². The first-order valence-corrected chi connectivity index (χ1v) is 9.99. The van der Waals surface area contributed by atoms with Gasteiger partial charge in [-0.15, -0.1) is 33.2 Å². The van der Waals surface area contributed by atoms with Crippen molar-refractivity contribution < 1.29 is 9.53 Å².